The molecule has 3 rings (SSSR count). The van der Waals surface area contributed by atoms with Gasteiger partial charge in [0.15, 0.2) is 17.3 Å². The Hall–Kier alpha value is -3.61. The number of carbonyl (C=O) groups is 1. The number of ether oxygens (including phenoxy) is 4. The van der Waals surface area contributed by atoms with E-state index in [0.29, 0.717) is 23.0 Å². The lowest BCUT2D eigenvalue weighted by molar-refractivity contribution is 0.0919. The van der Waals surface area contributed by atoms with Gasteiger partial charge in [-0.05, 0) is 55.3 Å². The molecule has 1 aromatic heterocycles. The molecular weight excluding hydrogens is 398 g/mol. The van der Waals surface area contributed by atoms with E-state index in [0.717, 1.165) is 16.9 Å². The van der Waals surface area contributed by atoms with Gasteiger partial charge in [-0.3, -0.25) is 4.79 Å². The first-order chi connectivity index (χ1) is 14.9. The second-order valence-electron chi connectivity index (χ2n) is 7.04. The Kier molecular flexibility index (Phi) is 7.07. The molecule has 0 aliphatic heterocycles. The number of furan rings is 1. The van der Waals surface area contributed by atoms with Crippen LogP contribution in [0.25, 0.3) is 0 Å². The Morgan fingerprint density at radius 1 is 0.903 bits per heavy atom. The Bertz CT molecular complexity index is 1030. The van der Waals surface area contributed by atoms with Crippen LogP contribution in [0.5, 0.6) is 23.0 Å². The first kappa shape index (κ1) is 22.1. The molecule has 0 aliphatic rings. The molecule has 164 valence electrons. The number of benzene rings is 2. The topological polar surface area (TPSA) is 79.2 Å². The maximum absolute atomic E-state index is 12.5. The van der Waals surface area contributed by atoms with Crippen molar-refractivity contribution >= 4 is 5.91 Å². The summed E-state index contributed by atoms with van der Waals surface area (Å²) in [6.45, 7) is 4.54. The minimum Gasteiger partial charge on any atom is -0.493 e. The predicted molar refractivity (Wildman–Crippen MR) is 116 cm³/mol. The molecule has 1 N–H and O–H groups in total. The summed E-state index contributed by atoms with van der Waals surface area (Å²) in [5, 5.41) is 2.83. The second-order valence-corrected chi connectivity index (χ2v) is 7.04. The number of rotatable bonds is 9. The van der Waals surface area contributed by atoms with Gasteiger partial charge in [0.25, 0.3) is 5.91 Å². The lowest BCUT2D eigenvalue weighted by Gasteiger charge is -2.14. The van der Waals surface area contributed by atoms with Gasteiger partial charge in [0.2, 0.25) is 5.75 Å². The third kappa shape index (κ3) is 5.31. The van der Waals surface area contributed by atoms with Gasteiger partial charge in [-0.1, -0.05) is 17.7 Å². The quantitative estimate of drug-likeness (QED) is 0.546. The molecule has 31 heavy (non-hydrogen) atoms. The van der Waals surface area contributed by atoms with Gasteiger partial charge < -0.3 is 28.7 Å². The average Bonchev–Trinajstić information content (AvgIpc) is 3.25. The van der Waals surface area contributed by atoms with Crippen LogP contribution in [0.1, 0.15) is 33.0 Å². The van der Waals surface area contributed by atoms with Crippen LogP contribution < -0.4 is 24.3 Å². The fraction of sp³-hybridized carbons (Fsp3) is 0.292. The molecule has 1 heterocycles. The minimum atomic E-state index is -0.327. The smallest absolute Gasteiger partial charge is 0.287 e. The van der Waals surface area contributed by atoms with Crippen molar-refractivity contribution in [2.45, 2.75) is 27.0 Å². The number of hydrogen-bond donors (Lipinski definition) is 1. The average molecular weight is 425 g/mol. The zero-order valence-corrected chi connectivity index (χ0v) is 18.4. The number of aryl methyl sites for hydroxylation is 2. The third-order valence-corrected chi connectivity index (χ3v) is 4.76. The van der Waals surface area contributed by atoms with Crippen molar-refractivity contribution < 1.29 is 28.2 Å². The lowest BCUT2D eigenvalue weighted by atomic mass is 10.1. The fourth-order valence-electron chi connectivity index (χ4n) is 3.19. The zero-order chi connectivity index (χ0) is 22.4. The lowest BCUT2D eigenvalue weighted by Crippen LogP contribution is -2.22. The van der Waals surface area contributed by atoms with E-state index in [1.54, 1.807) is 45.6 Å². The van der Waals surface area contributed by atoms with Gasteiger partial charge in [-0.15, -0.1) is 0 Å². The summed E-state index contributed by atoms with van der Waals surface area (Å²) >= 11 is 0. The number of nitrogens with one attached hydrogen (secondary N) is 1. The molecule has 0 radical (unpaired) electrons. The molecule has 0 spiro atoms. The fourth-order valence-corrected chi connectivity index (χ4v) is 3.19. The van der Waals surface area contributed by atoms with E-state index in [4.69, 9.17) is 23.4 Å². The van der Waals surface area contributed by atoms with Crippen molar-refractivity contribution in [2.75, 3.05) is 21.3 Å². The molecule has 1 amide bonds. The van der Waals surface area contributed by atoms with Crippen molar-refractivity contribution in [1.82, 2.24) is 5.32 Å². The molecule has 0 atom stereocenters. The third-order valence-electron chi connectivity index (χ3n) is 4.76. The second kappa shape index (κ2) is 9.93. The highest BCUT2D eigenvalue weighted by atomic mass is 16.5. The molecule has 0 saturated carbocycles. The van der Waals surface area contributed by atoms with Gasteiger partial charge in [0.1, 0.15) is 18.1 Å². The summed E-state index contributed by atoms with van der Waals surface area (Å²) in [6, 6.07) is 12.9. The van der Waals surface area contributed by atoms with E-state index in [-0.39, 0.29) is 24.8 Å². The van der Waals surface area contributed by atoms with Crippen LogP contribution in [0, 0.1) is 13.8 Å². The monoisotopic (exact) mass is 425 g/mol. The van der Waals surface area contributed by atoms with Crippen molar-refractivity contribution in [3.63, 3.8) is 0 Å². The molecule has 0 bridgehead atoms. The SMILES string of the molecule is COc1cc(CNC(=O)c2ccc(COc3ccc(C)cc3C)o2)cc(OC)c1OC. The van der Waals surface area contributed by atoms with Crippen LogP contribution in [0.3, 0.4) is 0 Å². The molecule has 3 aromatic rings. The summed E-state index contributed by atoms with van der Waals surface area (Å²) in [4.78, 5) is 12.5. The highest BCUT2D eigenvalue weighted by Crippen LogP contribution is 2.38. The van der Waals surface area contributed by atoms with Crippen molar-refractivity contribution in [1.29, 1.82) is 0 Å². The Morgan fingerprint density at radius 2 is 1.61 bits per heavy atom. The summed E-state index contributed by atoms with van der Waals surface area (Å²) in [5.41, 5.74) is 3.02. The first-order valence-corrected chi connectivity index (χ1v) is 9.81. The molecule has 7 heteroatoms. The van der Waals surface area contributed by atoms with Gasteiger partial charge in [0, 0.05) is 6.54 Å². The van der Waals surface area contributed by atoms with Crippen molar-refractivity contribution in [2.24, 2.45) is 0 Å². The summed E-state index contributed by atoms with van der Waals surface area (Å²) < 4.78 is 27.4. The van der Waals surface area contributed by atoms with Gasteiger partial charge in [-0.25, -0.2) is 0 Å². The number of amides is 1. The van der Waals surface area contributed by atoms with Crippen LogP contribution in [-0.4, -0.2) is 27.2 Å². The Balaban J connectivity index is 1.61. The summed E-state index contributed by atoms with van der Waals surface area (Å²) in [5.74, 6) is 2.79. The predicted octanol–water partition coefficient (Wildman–Crippen LogP) is 4.43. The van der Waals surface area contributed by atoms with Crippen LogP contribution in [0.4, 0.5) is 0 Å². The number of methoxy groups -OCH3 is 3. The largest absolute Gasteiger partial charge is 0.493 e. The van der Waals surface area contributed by atoms with Crippen LogP contribution >= 0.6 is 0 Å². The zero-order valence-electron chi connectivity index (χ0n) is 18.4. The van der Waals surface area contributed by atoms with Gasteiger partial charge >= 0.3 is 0 Å². The van der Waals surface area contributed by atoms with E-state index in [9.17, 15) is 4.79 Å². The van der Waals surface area contributed by atoms with E-state index < -0.39 is 0 Å². The summed E-state index contributed by atoms with van der Waals surface area (Å²) in [6.07, 6.45) is 0. The van der Waals surface area contributed by atoms with E-state index in [1.165, 1.54) is 5.56 Å². The number of hydrogen-bond acceptors (Lipinski definition) is 6. The van der Waals surface area contributed by atoms with Crippen molar-refractivity contribution in [3.05, 3.63) is 70.7 Å². The minimum absolute atomic E-state index is 0.215. The molecule has 0 aliphatic carbocycles. The molecule has 0 unspecified atom stereocenters. The van der Waals surface area contributed by atoms with Crippen LogP contribution in [-0.2, 0) is 13.2 Å². The van der Waals surface area contributed by atoms with Crippen LogP contribution in [0.2, 0.25) is 0 Å². The molecule has 7 nitrogen and oxygen atoms in total. The van der Waals surface area contributed by atoms with E-state index in [2.05, 4.69) is 11.4 Å². The molecule has 2 aromatic carbocycles. The van der Waals surface area contributed by atoms with Crippen LogP contribution in [0.15, 0.2) is 46.9 Å². The Labute approximate surface area is 181 Å². The van der Waals surface area contributed by atoms with Gasteiger partial charge in [-0.2, -0.15) is 0 Å². The highest BCUT2D eigenvalue weighted by molar-refractivity contribution is 5.91. The molecule has 0 saturated heterocycles. The summed E-state index contributed by atoms with van der Waals surface area (Å²) in [7, 11) is 4.63. The highest BCUT2D eigenvalue weighted by Gasteiger charge is 2.15. The maximum atomic E-state index is 12.5. The maximum Gasteiger partial charge on any atom is 0.287 e. The van der Waals surface area contributed by atoms with Gasteiger partial charge in [0.05, 0.1) is 21.3 Å². The number of carbonyl (C=O) groups excluding carboxylic acids is 1. The van der Waals surface area contributed by atoms with Crippen molar-refractivity contribution in [3.8, 4) is 23.0 Å². The van der Waals surface area contributed by atoms with E-state index in [1.807, 2.05) is 26.0 Å². The Morgan fingerprint density at radius 3 is 2.23 bits per heavy atom. The molecular formula is C24H27NO6. The standard InChI is InChI=1S/C24H27NO6/c1-15-6-8-19(16(2)10-15)30-14-18-7-9-20(31-18)24(26)25-13-17-11-21(27-3)23(29-5)22(12-17)28-4/h6-12H,13-14H2,1-5H3,(H,25,26). The molecule has 0 fully saturated rings. The first-order valence-electron chi connectivity index (χ1n) is 9.81. The normalized spacial score (nSPS) is 10.5. The van der Waals surface area contributed by atoms with E-state index >= 15 is 0 Å².